The van der Waals surface area contributed by atoms with E-state index in [0.29, 0.717) is 5.69 Å². The number of carbonyl (C=O) groups is 1. The van der Waals surface area contributed by atoms with Crippen LogP contribution in [0.1, 0.15) is 5.56 Å². The number of nitrogens with zero attached hydrogens (tertiary/aromatic N) is 1. The van der Waals surface area contributed by atoms with E-state index >= 15 is 0 Å². The molecule has 6 heteroatoms. The molecule has 20 heavy (non-hydrogen) atoms. The predicted octanol–water partition coefficient (Wildman–Crippen LogP) is 1.93. The van der Waals surface area contributed by atoms with Gasteiger partial charge >= 0.3 is 6.03 Å². The quantitative estimate of drug-likeness (QED) is 0.846. The maximum atomic E-state index is 12.0. The van der Waals surface area contributed by atoms with Gasteiger partial charge in [0.15, 0.2) is 0 Å². The third-order valence-electron chi connectivity index (χ3n) is 2.64. The van der Waals surface area contributed by atoms with Gasteiger partial charge in [0.05, 0.1) is 5.69 Å². The second-order valence-corrected chi connectivity index (χ2v) is 4.91. The predicted molar refractivity (Wildman–Crippen MR) is 77.9 cm³/mol. The van der Waals surface area contributed by atoms with Crippen molar-refractivity contribution in [3.8, 4) is 0 Å². The first kappa shape index (κ1) is 14.1. The molecule has 0 fully saturated rings. The molecule has 0 saturated heterocycles. The molecule has 0 radical (unpaired) electrons. The molecule has 0 unspecified atom stereocenters. The first-order valence-corrected chi connectivity index (χ1v) is 7.13. The molecule has 2 rings (SSSR count). The van der Waals surface area contributed by atoms with Crippen molar-refractivity contribution in [3.63, 3.8) is 0 Å². The van der Waals surface area contributed by atoms with Gasteiger partial charge in [-0.2, -0.15) is 4.31 Å². The average Bonchev–Trinajstić information content (AvgIpc) is 2.47. The molecule has 2 aromatic rings. The van der Waals surface area contributed by atoms with Gasteiger partial charge < -0.3 is 5.32 Å². The smallest absolute Gasteiger partial charge is 0.333 e. The van der Waals surface area contributed by atoms with Crippen LogP contribution in [0, 0.1) is 0 Å². The number of hydrogen-bond donors (Lipinski definition) is 2. The second-order valence-electron chi connectivity index (χ2n) is 4.03. The molecule has 0 bridgehead atoms. The summed E-state index contributed by atoms with van der Waals surface area (Å²) in [6.07, 6.45) is 0. The van der Waals surface area contributed by atoms with Gasteiger partial charge in [-0.3, -0.25) is 0 Å². The highest BCUT2D eigenvalue weighted by Crippen LogP contribution is 2.13. The van der Waals surface area contributed by atoms with E-state index in [4.69, 9.17) is 0 Å². The van der Waals surface area contributed by atoms with Crippen LogP contribution in [0.5, 0.6) is 0 Å². The first-order chi connectivity index (χ1) is 9.68. The van der Waals surface area contributed by atoms with Gasteiger partial charge in [0.2, 0.25) is 10.9 Å². The largest absolute Gasteiger partial charge is 0.335 e. The van der Waals surface area contributed by atoms with E-state index in [2.05, 4.69) is 5.32 Å². The van der Waals surface area contributed by atoms with Crippen molar-refractivity contribution in [1.82, 2.24) is 5.32 Å². The molecule has 0 heterocycles. The molecule has 2 aromatic carbocycles. The summed E-state index contributed by atoms with van der Waals surface area (Å²) < 4.78 is 23.2. The number of anilines is 1. The fraction of sp³-hybridized carbons (Fsp3) is 0.0714. The fourth-order valence-electron chi connectivity index (χ4n) is 1.70. The molecular formula is C14H14N2O3S. The van der Waals surface area contributed by atoms with Crippen molar-refractivity contribution in [3.05, 3.63) is 66.2 Å². The molecule has 0 aliphatic rings. The average molecular weight is 290 g/mol. The summed E-state index contributed by atoms with van der Waals surface area (Å²) in [7, 11) is -3.04. The van der Waals surface area contributed by atoms with Crippen LogP contribution in [-0.4, -0.2) is 14.4 Å². The molecule has 0 saturated carbocycles. The number of benzene rings is 2. The molecule has 5 nitrogen and oxygen atoms in total. The number of amides is 2. The van der Waals surface area contributed by atoms with Crippen LogP contribution in [-0.2, 0) is 17.4 Å². The summed E-state index contributed by atoms with van der Waals surface area (Å²) in [4.78, 5) is 12.0. The van der Waals surface area contributed by atoms with Gasteiger partial charge in [-0.25, -0.2) is 13.2 Å². The Labute approximate surface area is 118 Å². The Morgan fingerprint density at radius 2 is 1.50 bits per heavy atom. The number of para-hydroxylation sites is 1. The number of carbonyl (C=O) groups excluding carboxylic acids is 1. The highest BCUT2D eigenvalue weighted by Gasteiger charge is 2.17. The lowest BCUT2D eigenvalue weighted by Crippen LogP contribution is -2.38. The van der Waals surface area contributed by atoms with Gasteiger partial charge in [-0.15, -0.1) is 0 Å². The molecule has 0 aliphatic heterocycles. The van der Waals surface area contributed by atoms with Crippen LogP contribution in [0.15, 0.2) is 60.7 Å². The second kappa shape index (κ2) is 6.72. The number of hydrogen-bond acceptors (Lipinski definition) is 3. The molecule has 0 atom stereocenters. The van der Waals surface area contributed by atoms with Crippen molar-refractivity contribution in [1.29, 1.82) is 0 Å². The summed E-state index contributed by atoms with van der Waals surface area (Å²) in [6, 6.07) is 16.8. The zero-order valence-electron chi connectivity index (χ0n) is 10.6. The lowest BCUT2D eigenvalue weighted by Gasteiger charge is -2.16. The van der Waals surface area contributed by atoms with Crippen LogP contribution in [0.25, 0.3) is 0 Å². The van der Waals surface area contributed by atoms with Crippen LogP contribution in [0.3, 0.4) is 0 Å². The summed E-state index contributed by atoms with van der Waals surface area (Å²) >= 11 is 0. The normalized spacial score (nSPS) is 10.2. The lowest BCUT2D eigenvalue weighted by molar-refractivity contribution is 0.249. The minimum absolute atomic E-state index is 0.270. The Hall–Kier alpha value is -2.34. The monoisotopic (exact) mass is 290 g/mol. The number of rotatable bonds is 4. The molecule has 2 amide bonds. The summed E-state index contributed by atoms with van der Waals surface area (Å²) in [5.41, 5.74) is 1.21. The summed E-state index contributed by atoms with van der Waals surface area (Å²) in [6.45, 7) is 0.270. The maximum Gasteiger partial charge on any atom is 0.335 e. The first-order valence-electron chi connectivity index (χ1n) is 5.99. The highest BCUT2D eigenvalue weighted by atomic mass is 32.2. The molecule has 1 N–H and O–H groups in total. The Balaban J connectivity index is 2.09. The summed E-state index contributed by atoms with van der Waals surface area (Å²) in [5, 5.41) is 2.58. The molecule has 0 spiro atoms. The van der Waals surface area contributed by atoms with E-state index in [1.54, 1.807) is 30.3 Å². The van der Waals surface area contributed by atoms with Crippen LogP contribution >= 0.6 is 0 Å². The SMILES string of the molecule is O=C(NCc1ccccc1)N(c1ccccc1)[SH](=O)=O. The minimum Gasteiger partial charge on any atom is -0.333 e. The Morgan fingerprint density at radius 1 is 0.950 bits per heavy atom. The van der Waals surface area contributed by atoms with E-state index in [1.165, 1.54) is 0 Å². The lowest BCUT2D eigenvalue weighted by atomic mass is 10.2. The van der Waals surface area contributed by atoms with Crippen LogP contribution < -0.4 is 9.62 Å². The zero-order valence-corrected chi connectivity index (χ0v) is 11.5. The number of urea groups is 1. The zero-order chi connectivity index (χ0) is 14.4. The van der Waals surface area contributed by atoms with Gasteiger partial charge in [-0.05, 0) is 17.7 Å². The van der Waals surface area contributed by atoms with Gasteiger partial charge in [0.1, 0.15) is 0 Å². The van der Waals surface area contributed by atoms with Gasteiger partial charge in [0, 0.05) is 6.54 Å². The van der Waals surface area contributed by atoms with Crippen molar-refractivity contribution < 1.29 is 13.2 Å². The fourth-order valence-corrected chi connectivity index (χ4v) is 2.24. The third kappa shape index (κ3) is 3.58. The Bertz CT molecular complexity index is 634. The van der Waals surface area contributed by atoms with Crippen molar-refractivity contribution in [2.45, 2.75) is 6.54 Å². The highest BCUT2D eigenvalue weighted by molar-refractivity contribution is 7.75. The minimum atomic E-state index is -3.04. The van der Waals surface area contributed by atoms with Crippen molar-refractivity contribution >= 4 is 22.6 Å². The topological polar surface area (TPSA) is 66.5 Å². The summed E-state index contributed by atoms with van der Waals surface area (Å²) in [5.74, 6) is 0. The molecule has 0 aliphatic carbocycles. The molecular weight excluding hydrogens is 276 g/mol. The molecule has 0 aromatic heterocycles. The van der Waals surface area contributed by atoms with Gasteiger partial charge in [0.25, 0.3) is 0 Å². The number of nitrogens with one attached hydrogen (secondary N) is 1. The third-order valence-corrected chi connectivity index (χ3v) is 3.38. The molecule has 104 valence electrons. The maximum absolute atomic E-state index is 12.0. The Kier molecular flexibility index (Phi) is 4.73. The van der Waals surface area contributed by atoms with Gasteiger partial charge in [-0.1, -0.05) is 48.5 Å². The van der Waals surface area contributed by atoms with E-state index < -0.39 is 16.9 Å². The number of thiol groups is 1. The van der Waals surface area contributed by atoms with Crippen LogP contribution in [0.2, 0.25) is 0 Å². The van der Waals surface area contributed by atoms with E-state index in [1.807, 2.05) is 30.3 Å². The van der Waals surface area contributed by atoms with E-state index in [0.717, 1.165) is 9.87 Å². The van der Waals surface area contributed by atoms with E-state index in [9.17, 15) is 13.2 Å². The van der Waals surface area contributed by atoms with Crippen molar-refractivity contribution in [2.75, 3.05) is 4.31 Å². The van der Waals surface area contributed by atoms with Crippen molar-refractivity contribution in [2.24, 2.45) is 0 Å². The standard InChI is InChI=1S/C14H14N2O3S/c17-14(15-11-12-7-3-1-4-8-12)16(20(18)19)13-9-5-2-6-10-13/h1-10,20H,11H2,(H,15,17). The van der Waals surface area contributed by atoms with Crippen LogP contribution in [0.4, 0.5) is 10.5 Å². The van der Waals surface area contributed by atoms with E-state index in [-0.39, 0.29) is 6.54 Å². The Morgan fingerprint density at radius 3 is 2.05 bits per heavy atom.